The molecule has 5 aromatic rings. The summed E-state index contributed by atoms with van der Waals surface area (Å²) in [7, 11) is 0. The van der Waals surface area contributed by atoms with Crippen LogP contribution in [0.2, 0.25) is 0 Å². The monoisotopic (exact) mass is 544 g/mol. The topological polar surface area (TPSA) is 105 Å². The first-order chi connectivity index (χ1) is 20.8. The third kappa shape index (κ3) is 3.48. The van der Waals surface area contributed by atoms with E-state index in [2.05, 4.69) is 81.3 Å². The van der Waals surface area contributed by atoms with Gasteiger partial charge in [-0.15, -0.1) is 0 Å². The maximum absolute atomic E-state index is 5.15. The summed E-state index contributed by atoms with van der Waals surface area (Å²) in [6.45, 7) is 0.525. The van der Waals surface area contributed by atoms with Crippen LogP contribution < -0.4 is 10.6 Å². The van der Waals surface area contributed by atoms with E-state index in [-0.39, 0.29) is 0 Å². The Kier molecular flexibility index (Phi) is 4.86. The summed E-state index contributed by atoms with van der Waals surface area (Å²) >= 11 is 0. The summed E-state index contributed by atoms with van der Waals surface area (Å²) < 4.78 is 0. The Morgan fingerprint density at radius 3 is 1.81 bits per heavy atom. The van der Waals surface area contributed by atoms with E-state index in [9.17, 15) is 0 Å². The highest BCUT2D eigenvalue weighted by Gasteiger charge is 2.27. The van der Waals surface area contributed by atoms with Gasteiger partial charge < -0.3 is 20.6 Å². The van der Waals surface area contributed by atoms with E-state index >= 15 is 0 Å². The lowest BCUT2D eigenvalue weighted by Crippen LogP contribution is -2.37. The highest BCUT2D eigenvalue weighted by atomic mass is 15.1. The number of allylic oxidation sites excluding steroid dienone is 2. The van der Waals surface area contributed by atoms with Crippen molar-refractivity contribution in [3.05, 3.63) is 119 Å². The standard InChI is InChI=1S/C34H24N8/c1-2-11-21-22(12-3-1)31-38-29(21)36-27-18-35-28(20-13-5-4-10-19(20)27)37-30-23-14-6-7-15-24(23)32(39-30)41-34-26-17-9-8-16-25(26)33(40-31)42-34/h2-17,39,41-42H,1,18H2,(H,35,37). The summed E-state index contributed by atoms with van der Waals surface area (Å²) in [5.41, 5.74) is 4.89. The van der Waals surface area contributed by atoms with Crippen LogP contribution in [-0.2, 0) is 0 Å². The molecule has 0 saturated carbocycles. The molecule has 1 aliphatic carbocycles. The van der Waals surface area contributed by atoms with E-state index in [1.807, 2.05) is 36.4 Å². The number of aromatic nitrogens is 2. The molecule has 3 aromatic carbocycles. The van der Waals surface area contributed by atoms with Crippen LogP contribution in [0.4, 0.5) is 23.3 Å². The smallest absolute Gasteiger partial charge is 0.164 e. The van der Waals surface area contributed by atoms with Crippen molar-refractivity contribution in [3.63, 3.8) is 0 Å². The summed E-state index contributed by atoms with van der Waals surface area (Å²) in [5.74, 6) is 5.32. The van der Waals surface area contributed by atoms with Gasteiger partial charge in [-0.3, -0.25) is 0 Å². The molecule has 42 heavy (non-hydrogen) atoms. The minimum Gasteiger partial charge on any atom is -0.364 e. The quantitative estimate of drug-likeness (QED) is 0.167. The van der Waals surface area contributed by atoms with Gasteiger partial charge in [0.1, 0.15) is 29.1 Å². The Labute approximate surface area is 240 Å². The van der Waals surface area contributed by atoms with Crippen LogP contribution >= 0.6 is 0 Å². The van der Waals surface area contributed by atoms with Crippen LogP contribution in [0.25, 0.3) is 21.5 Å². The number of aliphatic imine (C=N–C) groups is 4. The number of hydrogen-bond donors (Lipinski definition) is 4. The number of hydrogen-bond acceptors (Lipinski definition) is 6. The van der Waals surface area contributed by atoms with Crippen LogP contribution in [0.3, 0.4) is 0 Å². The molecule has 9 rings (SSSR count). The lowest BCUT2D eigenvalue weighted by atomic mass is 9.98. The number of H-pyrrole nitrogens is 2. The molecule has 2 aromatic heterocycles. The fourth-order valence-corrected chi connectivity index (χ4v) is 6.08. The molecule has 4 N–H and O–H groups in total. The Balaban J connectivity index is 1.36. The molecule has 0 atom stereocenters. The molecule has 8 heteroatoms. The van der Waals surface area contributed by atoms with E-state index in [4.69, 9.17) is 20.0 Å². The number of fused-ring (bicyclic) bond motifs is 19. The summed E-state index contributed by atoms with van der Waals surface area (Å²) in [6.07, 6.45) is 9.35. The average Bonchev–Trinajstić information content (AvgIpc) is 3.57. The zero-order valence-electron chi connectivity index (χ0n) is 22.4. The highest BCUT2D eigenvalue weighted by molar-refractivity contribution is 6.28. The van der Waals surface area contributed by atoms with Crippen molar-refractivity contribution in [2.24, 2.45) is 20.0 Å². The fourth-order valence-electron chi connectivity index (χ4n) is 6.08. The SMILES string of the molecule is C1=CC2=C(C=CC1)C1=Nc3[nH]c(c4ccccc34)Nc3[nH]c(c4ccccc34)N=C3NCC(=NC2=N1)c1ccccc13. The fraction of sp³-hybridized carbons (Fsp3) is 0.0588. The van der Waals surface area contributed by atoms with Crippen molar-refractivity contribution < 1.29 is 0 Å². The van der Waals surface area contributed by atoms with Crippen molar-refractivity contribution in [3.8, 4) is 0 Å². The van der Waals surface area contributed by atoms with Crippen molar-refractivity contribution >= 4 is 68.0 Å². The van der Waals surface area contributed by atoms with E-state index in [1.165, 1.54) is 0 Å². The van der Waals surface area contributed by atoms with E-state index in [1.54, 1.807) is 0 Å². The molecule has 0 amide bonds. The molecular weight excluding hydrogens is 520 g/mol. The van der Waals surface area contributed by atoms with Crippen molar-refractivity contribution in [2.45, 2.75) is 6.42 Å². The third-order valence-electron chi connectivity index (χ3n) is 8.06. The molecule has 200 valence electrons. The molecule has 5 heterocycles. The molecular formula is C34H24N8. The minimum absolute atomic E-state index is 0.525. The second kappa shape index (κ2) is 8.87. The summed E-state index contributed by atoms with van der Waals surface area (Å²) in [6, 6.07) is 24.8. The first kappa shape index (κ1) is 23.0. The molecule has 0 saturated heterocycles. The van der Waals surface area contributed by atoms with Crippen molar-refractivity contribution in [2.75, 3.05) is 11.9 Å². The molecule has 0 unspecified atom stereocenters. The van der Waals surface area contributed by atoms with Gasteiger partial charge in [-0.25, -0.2) is 20.0 Å². The van der Waals surface area contributed by atoms with Gasteiger partial charge in [0, 0.05) is 43.8 Å². The van der Waals surface area contributed by atoms with Gasteiger partial charge in [0.05, 0.1) is 12.3 Å². The largest absolute Gasteiger partial charge is 0.364 e. The number of aromatic amines is 2. The first-order valence-corrected chi connectivity index (χ1v) is 14.0. The molecule has 8 nitrogen and oxygen atoms in total. The van der Waals surface area contributed by atoms with E-state index in [0.29, 0.717) is 18.2 Å². The predicted molar refractivity (Wildman–Crippen MR) is 172 cm³/mol. The van der Waals surface area contributed by atoms with Crippen LogP contribution in [0, 0.1) is 0 Å². The predicted octanol–water partition coefficient (Wildman–Crippen LogP) is 7.13. The summed E-state index contributed by atoms with van der Waals surface area (Å²) in [4.78, 5) is 27.5. The van der Waals surface area contributed by atoms with Gasteiger partial charge in [-0.05, 0) is 6.42 Å². The molecule has 8 bridgehead atoms. The number of nitrogens with one attached hydrogen (secondary N) is 4. The maximum Gasteiger partial charge on any atom is 0.164 e. The number of amidine groups is 3. The maximum atomic E-state index is 5.15. The molecule has 3 aliphatic heterocycles. The zero-order valence-corrected chi connectivity index (χ0v) is 22.4. The third-order valence-corrected chi connectivity index (χ3v) is 8.06. The molecule has 4 aliphatic rings. The summed E-state index contributed by atoms with van der Waals surface area (Å²) in [5, 5.41) is 11.3. The second-order valence-electron chi connectivity index (χ2n) is 10.6. The van der Waals surface area contributed by atoms with Crippen LogP contribution in [0.5, 0.6) is 0 Å². The molecule has 0 fully saturated rings. The molecule has 0 radical (unpaired) electrons. The molecule has 0 spiro atoms. The van der Waals surface area contributed by atoms with Crippen LogP contribution in [0.15, 0.2) is 128 Å². The number of nitrogens with zero attached hydrogens (tertiary/aromatic N) is 4. The highest BCUT2D eigenvalue weighted by Crippen LogP contribution is 2.39. The Morgan fingerprint density at radius 1 is 0.548 bits per heavy atom. The van der Waals surface area contributed by atoms with Gasteiger partial charge in [0.25, 0.3) is 0 Å². The number of benzene rings is 3. The van der Waals surface area contributed by atoms with Gasteiger partial charge in [0.2, 0.25) is 0 Å². The van der Waals surface area contributed by atoms with Gasteiger partial charge >= 0.3 is 0 Å². The number of anilines is 2. The Bertz CT molecular complexity index is 2190. The first-order valence-electron chi connectivity index (χ1n) is 14.0. The van der Waals surface area contributed by atoms with Crippen LogP contribution in [-0.4, -0.2) is 39.7 Å². The van der Waals surface area contributed by atoms with Gasteiger partial charge in [-0.2, -0.15) is 0 Å². The average molecular weight is 545 g/mol. The zero-order chi connectivity index (χ0) is 27.6. The van der Waals surface area contributed by atoms with Gasteiger partial charge in [0.15, 0.2) is 11.7 Å². The normalized spacial score (nSPS) is 17.0. The Hall–Kier alpha value is -5.76. The Morgan fingerprint density at radius 2 is 1.12 bits per heavy atom. The van der Waals surface area contributed by atoms with E-state index in [0.717, 1.165) is 85.1 Å². The minimum atomic E-state index is 0.525. The van der Waals surface area contributed by atoms with Crippen molar-refractivity contribution in [1.29, 1.82) is 0 Å². The van der Waals surface area contributed by atoms with E-state index < -0.39 is 0 Å². The van der Waals surface area contributed by atoms with Crippen molar-refractivity contribution in [1.82, 2.24) is 15.3 Å². The number of rotatable bonds is 0. The van der Waals surface area contributed by atoms with Gasteiger partial charge in [-0.1, -0.05) is 97.1 Å². The lowest BCUT2D eigenvalue weighted by Gasteiger charge is -2.21. The second-order valence-corrected chi connectivity index (χ2v) is 10.6. The lowest BCUT2D eigenvalue weighted by molar-refractivity contribution is 1.05. The van der Waals surface area contributed by atoms with Crippen LogP contribution in [0.1, 0.15) is 17.5 Å².